The van der Waals surface area contributed by atoms with Gasteiger partial charge in [-0.2, -0.15) is 4.98 Å². The molecule has 0 spiro atoms. The Labute approximate surface area is 184 Å². The van der Waals surface area contributed by atoms with Crippen LogP contribution in [-0.2, 0) is 4.79 Å². The molecule has 0 aliphatic carbocycles. The molecule has 8 heteroatoms. The van der Waals surface area contributed by atoms with Gasteiger partial charge in [-0.3, -0.25) is 4.79 Å². The number of allylic oxidation sites excluding steroid dienone is 1. The summed E-state index contributed by atoms with van der Waals surface area (Å²) in [7, 11) is 0. The maximum atomic E-state index is 13.4. The second kappa shape index (κ2) is 8.53. The van der Waals surface area contributed by atoms with Gasteiger partial charge in [-0.05, 0) is 48.9 Å². The van der Waals surface area contributed by atoms with Crippen molar-refractivity contribution in [3.8, 4) is 0 Å². The SMILES string of the molecule is CCSc1nc2n(n1)C(c1ccc(Cl)cc1)C(C(=O)Nc1ccccc1C)=C(C)N2. The van der Waals surface area contributed by atoms with Gasteiger partial charge in [0.05, 0.1) is 5.57 Å². The number of para-hydroxylation sites is 1. The van der Waals surface area contributed by atoms with Crippen molar-refractivity contribution in [2.45, 2.75) is 32.0 Å². The first-order valence-corrected chi connectivity index (χ1v) is 11.0. The molecule has 1 amide bonds. The van der Waals surface area contributed by atoms with Crippen molar-refractivity contribution in [1.29, 1.82) is 0 Å². The van der Waals surface area contributed by atoms with Crippen LogP contribution in [0.1, 0.15) is 31.0 Å². The summed E-state index contributed by atoms with van der Waals surface area (Å²) in [6.07, 6.45) is 0. The van der Waals surface area contributed by atoms with E-state index in [-0.39, 0.29) is 5.91 Å². The summed E-state index contributed by atoms with van der Waals surface area (Å²) in [5.41, 5.74) is 4.03. The number of benzene rings is 2. The normalized spacial score (nSPS) is 15.5. The molecule has 30 heavy (non-hydrogen) atoms. The second-order valence-electron chi connectivity index (χ2n) is 6.98. The lowest BCUT2D eigenvalue weighted by atomic mass is 9.95. The van der Waals surface area contributed by atoms with Gasteiger partial charge in [-0.1, -0.05) is 60.6 Å². The van der Waals surface area contributed by atoms with Gasteiger partial charge >= 0.3 is 0 Å². The van der Waals surface area contributed by atoms with Gasteiger partial charge in [0.15, 0.2) is 0 Å². The number of amides is 1. The second-order valence-corrected chi connectivity index (χ2v) is 8.65. The fourth-order valence-corrected chi connectivity index (χ4v) is 4.15. The molecule has 1 aliphatic heterocycles. The van der Waals surface area contributed by atoms with Crippen LogP contribution in [0.2, 0.25) is 5.02 Å². The number of aryl methyl sites for hydroxylation is 1. The van der Waals surface area contributed by atoms with Crippen molar-refractivity contribution in [2.24, 2.45) is 0 Å². The molecular weight excluding hydrogens is 418 g/mol. The fourth-order valence-electron chi connectivity index (χ4n) is 3.47. The number of carbonyl (C=O) groups excluding carboxylic acids is 1. The predicted molar refractivity (Wildman–Crippen MR) is 122 cm³/mol. The summed E-state index contributed by atoms with van der Waals surface area (Å²) < 4.78 is 1.78. The topological polar surface area (TPSA) is 71.8 Å². The van der Waals surface area contributed by atoms with E-state index in [4.69, 9.17) is 11.6 Å². The molecule has 3 aromatic rings. The van der Waals surface area contributed by atoms with E-state index in [2.05, 4.69) is 27.6 Å². The number of fused-ring (bicyclic) bond motifs is 1. The molecule has 6 nitrogen and oxygen atoms in total. The third-order valence-corrected chi connectivity index (χ3v) is 5.90. The number of thioether (sulfide) groups is 1. The van der Waals surface area contributed by atoms with Crippen LogP contribution in [-0.4, -0.2) is 26.4 Å². The van der Waals surface area contributed by atoms with Crippen LogP contribution >= 0.6 is 23.4 Å². The average Bonchev–Trinajstić information content (AvgIpc) is 3.11. The zero-order chi connectivity index (χ0) is 21.3. The fraction of sp³-hybridized carbons (Fsp3) is 0.227. The number of nitrogens with zero attached hydrogens (tertiary/aromatic N) is 3. The van der Waals surface area contributed by atoms with Crippen LogP contribution in [0.25, 0.3) is 0 Å². The molecule has 0 radical (unpaired) electrons. The van der Waals surface area contributed by atoms with Crippen LogP contribution in [0.5, 0.6) is 0 Å². The summed E-state index contributed by atoms with van der Waals surface area (Å²) in [4.78, 5) is 18.0. The molecule has 1 aliphatic rings. The number of nitrogens with one attached hydrogen (secondary N) is 2. The lowest BCUT2D eigenvalue weighted by molar-refractivity contribution is -0.113. The largest absolute Gasteiger partial charge is 0.328 e. The van der Waals surface area contributed by atoms with Crippen LogP contribution in [0.15, 0.2) is 65.0 Å². The lowest BCUT2D eigenvalue weighted by Gasteiger charge is -2.28. The van der Waals surface area contributed by atoms with Crippen LogP contribution in [0, 0.1) is 6.92 Å². The number of rotatable bonds is 5. The Morgan fingerprint density at radius 3 is 2.63 bits per heavy atom. The highest BCUT2D eigenvalue weighted by Gasteiger charge is 2.34. The Morgan fingerprint density at radius 2 is 1.93 bits per heavy atom. The zero-order valence-corrected chi connectivity index (χ0v) is 18.5. The predicted octanol–water partition coefficient (Wildman–Crippen LogP) is 5.28. The summed E-state index contributed by atoms with van der Waals surface area (Å²) in [6.45, 7) is 5.91. The molecule has 2 heterocycles. The van der Waals surface area contributed by atoms with E-state index in [0.29, 0.717) is 21.7 Å². The summed E-state index contributed by atoms with van der Waals surface area (Å²) in [5, 5.41) is 12.3. The summed E-state index contributed by atoms with van der Waals surface area (Å²) in [6, 6.07) is 14.8. The molecule has 0 bridgehead atoms. The Balaban J connectivity index is 1.78. The van der Waals surface area contributed by atoms with Gasteiger partial charge in [0.2, 0.25) is 11.1 Å². The number of anilines is 2. The minimum absolute atomic E-state index is 0.180. The van der Waals surface area contributed by atoms with E-state index in [0.717, 1.165) is 28.3 Å². The molecule has 2 N–H and O–H groups in total. The number of hydrogen-bond acceptors (Lipinski definition) is 5. The number of hydrogen-bond donors (Lipinski definition) is 2. The van der Waals surface area contributed by atoms with Crippen molar-refractivity contribution < 1.29 is 4.79 Å². The van der Waals surface area contributed by atoms with E-state index in [1.54, 1.807) is 16.4 Å². The van der Waals surface area contributed by atoms with E-state index in [1.807, 2.05) is 62.4 Å². The van der Waals surface area contributed by atoms with Gasteiger partial charge in [0.25, 0.3) is 5.91 Å². The molecular formula is C22H22ClN5OS. The molecule has 0 saturated carbocycles. The van der Waals surface area contributed by atoms with Crippen molar-refractivity contribution in [3.63, 3.8) is 0 Å². The maximum absolute atomic E-state index is 13.4. The van der Waals surface area contributed by atoms with Crippen molar-refractivity contribution in [3.05, 3.63) is 76.0 Å². The van der Waals surface area contributed by atoms with Crippen molar-refractivity contribution in [2.75, 3.05) is 16.4 Å². The first-order valence-electron chi connectivity index (χ1n) is 9.67. The van der Waals surface area contributed by atoms with E-state index < -0.39 is 6.04 Å². The molecule has 1 aromatic heterocycles. The van der Waals surface area contributed by atoms with E-state index in [9.17, 15) is 4.79 Å². The highest BCUT2D eigenvalue weighted by molar-refractivity contribution is 7.99. The van der Waals surface area contributed by atoms with E-state index in [1.165, 1.54) is 0 Å². The highest BCUT2D eigenvalue weighted by Crippen LogP contribution is 2.37. The highest BCUT2D eigenvalue weighted by atomic mass is 35.5. The number of halogens is 1. The third-order valence-electron chi connectivity index (χ3n) is 4.93. The molecule has 1 atom stereocenters. The lowest BCUT2D eigenvalue weighted by Crippen LogP contribution is -2.31. The summed E-state index contributed by atoms with van der Waals surface area (Å²) in [5.74, 6) is 1.30. The first-order chi connectivity index (χ1) is 14.5. The monoisotopic (exact) mass is 439 g/mol. The Morgan fingerprint density at radius 1 is 1.20 bits per heavy atom. The molecule has 154 valence electrons. The zero-order valence-electron chi connectivity index (χ0n) is 16.9. The maximum Gasteiger partial charge on any atom is 0.255 e. The molecule has 0 saturated heterocycles. The molecule has 4 rings (SSSR count). The van der Waals surface area contributed by atoms with Gasteiger partial charge < -0.3 is 10.6 Å². The van der Waals surface area contributed by atoms with Crippen LogP contribution < -0.4 is 10.6 Å². The third kappa shape index (κ3) is 3.95. The summed E-state index contributed by atoms with van der Waals surface area (Å²) >= 11 is 7.67. The van der Waals surface area contributed by atoms with Crippen molar-refractivity contribution >= 4 is 40.9 Å². The first kappa shape index (κ1) is 20.5. The standard InChI is InChI=1S/C22H22ClN5OS/c1-4-30-22-26-21-24-14(3)18(20(29)25-17-8-6-5-7-13(17)2)19(28(21)27-22)15-9-11-16(23)12-10-15/h5-12,19H,4H2,1-3H3,(H,25,29)(H,24,26,27). The quantitative estimate of drug-likeness (QED) is 0.529. The minimum Gasteiger partial charge on any atom is -0.328 e. The van der Waals surface area contributed by atoms with Crippen LogP contribution in [0.4, 0.5) is 11.6 Å². The number of aromatic nitrogens is 3. The Kier molecular flexibility index (Phi) is 5.83. The Hall–Kier alpha value is -2.77. The van der Waals surface area contributed by atoms with Gasteiger partial charge in [-0.25, -0.2) is 4.68 Å². The van der Waals surface area contributed by atoms with Crippen molar-refractivity contribution in [1.82, 2.24) is 14.8 Å². The molecule has 2 aromatic carbocycles. The smallest absolute Gasteiger partial charge is 0.255 e. The van der Waals surface area contributed by atoms with Gasteiger partial charge in [0.1, 0.15) is 6.04 Å². The molecule has 0 fully saturated rings. The van der Waals surface area contributed by atoms with Gasteiger partial charge in [-0.15, -0.1) is 5.10 Å². The Bertz CT molecular complexity index is 1120. The molecule has 1 unspecified atom stereocenters. The van der Waals surface area contributed by atoms with E-state index >= 15 is 0 Å². The van der Waals surface area contributed by atoms with Crippen LogP contribution in [0.3, 0.4) is 0 Å². The number of carbonyl (C=O) groups is 1. The minimum atomic E-state index is -0.416. The average molecular weight is 440 g/mol. The van der Waals surface area contributed by atoms with Gasteiger partial charge in [0, 0.05) is 16.4 Å².